The molecule has 3 aliphatic rings. The number of rotatable bonds is 4. The minimum atomic E-state index is -0.119. The third-order valence-corrected chi connectivity index (χ3v) is 6.07. The first-order chi connectivity index (χ1) is 13.3. The van der Waals surface area contributed by atoms with Gasteiger partial charge in [-0.3, -0.25) is 4.79 Å². The topological polar surface area (TPSA) is 81.9 Å². The normalized spacial score (nSPS) is 25.0. The lowest BCUT2D eigenvalue weighted by Gasteiger charge is -2.25. The summed E-state index contributed by atoms with van der Waals surface area (Å²) in [5, 5.41) is 8.17. The van der Waals surface area contributed by atoms with Gasteiger partial charge in [-0.15, -0.1) is 0 Å². The van der Waals surface area contributed by atoms with Crippen LogP contribution in [0.3, 0.4) is 0 Å². The minimum Gasteiger partial charge on any atom is -0.377 e. The Morgan fingerprint density at radius 2 is 2.04 bits per heavy atom. The summed E-state index contributed by atoms with van der Waals surface area (Å²) in [6, 6.07) is 3.52. The number of ether oxygens (including phenoxy) is 1. The maximum absolute atomic E-state index is 12.7. The molecule has 3 heterocycles. The second kappa shape index (κ2) is 7.03. The number of nitrogens with zero attached hydrogens (tertiary/aromatic N) is 4. The molecule has 2 aliphatic carbocycles. The fourth-order valence-corrected chi connectivity index (χ4v) is 4.24. The first-order valence-electron chi connectivity index (χ1n) is 10.1. The molecule has 2 atom stereocenters. The summed E-state index contributed by atoms with van der Waals surface area (Å²) in [5.41, 5.74) is 2.16. The highest BCUT2D eigenvalue weighted by molar-refractivity contribution is 5.36. The number of hydrogen-bond donors (Lipinski definition) is 1. The summed E-state index contributed by atoms with van der Waals surface area (Å²) in [7, 11) is 0. The van der Waals surface area contributed by atoms with Crippen molar-refractivity contribution in [3.63, 3.8) is 0 Å². The van der Waals surface area contributed by atoms with E-state index in [0.717, 1.165) is 48.6 Å². The van der Waals surface area contributed by atoms with Crippen molar-refractivity contribution in [2.24, 2.45) is 0 Å². The van der Waals surface area contributed by atoms with Gasteiger partial charge >= 0.3 is 0 Å². The minimum absolute atomic E-state index is 0.0269. The molecule has 1 saturated heterocycles. The van der Waals surface area contributed by atoms with Crippen molar-refractivity contribution in [3.8, 4) is 0 Å². The van der Waals surface area contributed by atoms with E-state index in [-0.39, 0.29) is 17.6 Å². The van der Waals surface area contributed by atoms with Gasteiger partial charge in [0, 0.05) is 18.2 Å². The highest BCUT2D eigenvalue weighted by atomic mass is 16.5. The third kappa shape index (κ3) is 3.25. The monoisotopic (exact) mass is 367 g/mol. The Morgan fingerprint density at radius 1 is 1.15 bits per heavy atom. The van der Waals surface area contributed by atoms with Crippen LogP contribution in [0.15, 0.2) is 23.1 Å². The van der Waals surface area contributed by atoms with Gasteiger partial charge in [0.25, 0.3) is 5.56 Å². The highest BCUT2D eigenvalue weighted by Crippen LogP contribution is 2.34. The molecule has 1 saturated carbocycles. The average molecular weight is 367 g/mol. The molecule has 2 fully saturated rings. The van der Waals surface area contributed by atoms with Crippen LogP contribution in [0.2, 0.25) is 0 Å². The Bertz CT molecular complexity index is 892. The van der Waals surface area contributed by atoms with Gasteiger partial charge in [-0.05, 0) is 50.2 Å². The summed E-state index contributed by atoms with van der Waals surface area (Å²) >= 11 is 0. The van der Waals surface area contributed by atoms with Crippen LogP contribution >= 0.6 is 0 Å². The molecule has 0 spiro atoms. The zero-order valence-corrected chi connectivity index (χ0v) is 15.4. The SMILES string of the molecule is O=c1cc2c(nn1C1COCC1Nc1ccnc(C3CCC3)n1)CCCC2. The molecule has 0 aromatic carbocycles. The van der Waals surface area contributed by atoms with Crippen LogP contribution < -0.4 is 10.9 Å². The lowest BCUT2D eigenvalue weighted by atomic mass is 9.85. The molecule has 7 heteroatoms. The van der Waals surface area contributed by atoms with E-state index in [4.69, 9.17) is 14.8 Å². The fourth-order valence-electron chi connectivity index (χ4n) is 4.24. The van der Waals surface area contributed by atoms with E-state index in [0.29, 0.717) is 19.1 Å². The van der Waals surface area contributed by atoms with Gasteiger partial charge in [0.05, 0.1) is 24.9 Å². The van der Waals surface area contributed by atoms with E-state index in [2.05, 4.69) is 10.3 Å². The van der Waals surface area contributed by atoms with Crippen molar-refractivity contribution in [1.82, 2.24) is 19.7 Å². The Balaban J connectivity index is 1.39. The van der Waals surface area contributed by atoms with Crippen molar-refractivity contribution in [2.75, 3.05) is 18.5 Å². The number of aromatic nitrogens is 4. The average Bonchev–Trinajstić information content (AvgIpc) is 3.08. The first kappa shape index (κ1) is 16.9. The van der Waals surface area contributed by atoms with E-state index in [1.807, 2.05) is 12.3 Å². The predicted octanol–water partition coefficient (Wildman–Crippen LogP) is 2.23. The van der Waals surface area contributed by atoms with Crippen molar-refractivity contribution in [2.45, 2.75) is 62.9 Å². The van der Waals surface area contributed by atoms with Gasteiger partial charge in [-0.25, -0.2) is 14.6 Å². The van der Waals surface area contributed by atoms with Crippen LogP contribution in [0.25, 0.3) is 0 Å². The Morgan fingerprint density at radius 3 is 2.89 bits per heavy atom. The molecule has 1 N–H and O–H groups in total. The summed E-state index contributed by atoms with van der Waals surface area (Å²) in [6.07, 6.45) is 9.64. The van der Waals surface area contributed by atoms with Gasteiger partial charge in [0.15, 0.2) is 0 Å². The van der Waals surface area contributed by atoms with Crippen molar-refractivity contribution in [3.05, 3.63) is 45.8 Å². The fraction of sp³-hybridized carbons (Fsp3) is 0.600. The summed E-state index contributed by atoms with van der Waals surface area (Å²) in [5.74, 6) is 2.22. The number of nitrogens with one attached hydrogen (secondary N) is 1. The Kier molecular flexibility index (Phi) is 4.39. The van der Waals surface area contributed by atoms with Gasteiger partial charge in [0.1, 0.15) is 17.7 Å². The second-order valence-corrected chi connectivity index (χ2v) is 7.89. The molecule has 0 radical (unpaired) electrons. The molecule has 5 rings (SSSR count). The molecule has 142 valence electrons. The van der Waals surface area contributed by atoms with Crippen molar-refractivity contribution >= 4 is 5.82 Å². The standard InChI is InChI=1S/C20H25N5O2/c26-19-10-14-4-1-2-7-15(14)24-25(19)17-12-27-11-16(17)22-18-8-9-21-20(23-18)13-5-3-6-13/h8-10,13,16-17H,1-7,11-12H2,(H,21,22,23). The first-order valence-corrected chi connectivity index (χ1v) is 10.1. The van der Waals surface area contributed by atoms with E-state index in [1.165, 1.54) is 19.3 Å². The summed E-state index contributed by atoms with van der Waals surface area (Å²) in [4.78, 5) is 21.8. The van der Waals surface area contributed by atoms with Gasteiger partial charge in [-0.2, -0.15) is 5.10 Å². The van der Waals surface area contributed by atoms with Crippen LogP contribution in [0.4, 0.5) is 5.82 Å². The number of hydrogen-bond acceptors (Lipinski definition) is 6. The molecule has 2 aromatic rings. The molecule has 0 amide bonds. The number of aryl methyl sites for hydroxylation is 2. The van der Waals surface area contributed by atoms with Crippen LogP contribution in [-0.2, 0) is 17.6 Å². The third-order valence-electron chi connectivity index (χ3n) is 6.07. The second-order valence-electron chi connectivity index (χ2n) is 7.89. The maximum atomic E-state index is 12.7. The molecular formula is C20H25N5O2. The van der Waals surface area contributed by atoms with Crippen LogP contribution in [0, 0.1) is 0 Å². The Labute approximate surface area is 158 Å². The van der Waals surface area contributed by atoms with Gasteiger partial charge < -0.3 is 10.1 Å². The van der Waals surface area contributed by atoms with Gasteiger partial charge in [0.2, 0.25) is 0 Å². The lowest BCUT2D eigenvalue weighted by molar-refractivity contribution is 0.182. The summed E-state index contributed by atoms with van der Waals surface area (Å²) < 4.78 is 7.33. The molecule has 1 aliphatic heterocycles. The maximum Gasteiger partial charge on any atom is 0.267 e. The zero-order chi connectivity index (χ0) is 18.2. The molecule has 2 unspecified atom stereocenters. The zero-order valence-electron chi connectivity index (χ0n) is 15.4. The van der Waals surface area contributed by atoms with Crippen molar-refractivity contribution in [1.29, 1.82) is 0 Å². The van der Waals surface area contributed by atoms with Crippen molar-refractivity contribution < 1.29 is 4.74 Å². The van der Waals surface area contributed by atoms with Crippen LogP contribution in [-0.4, -0.2) is 39.0 Å². The highest BCUT2D eigenvalue weighted by Gasteiger charge is 2.32. The number of fused-ring (bicyclic) bond motifs is 1. The summed E-state index contributed by atoms with van der Waals surface area (Å²) in [6.45, 7) is 1.03. The molecule has 2 aromatic heterocycles. The molecule has 7 nitrogen and oxygen atoms in total. The Hall–Kier alpha value is -2.28. The lowest BCUT2D eigenvalue weighted by Crippen LogP contribution is -2.38. The molecule has 27 heavy (non-hydrogen) atoms. The van der Waals surface area contributed by atoms with E-state index in [9.17, 15) is 4.79 Å². The largest absolute Gasteiger partial charge is 0.377 e. The molecule has 0 bridgehead atoms. The van der Waals surface area contributed by atoms with Crippen LogP contribution in [0.1, 0.15) is 61.1 Å². The number of anilines is 1. The smallest absolute Gasteiger partial charge is 0.267 e. The quantitative estimate of drug-likeness (QED) is 0.892. The van der Waals surface area contributed by atoms with E-state index < -0.39 is 0 Å². The molecular weight excluding hydrogens is 342 g/mol. The van der Waals surface area contributed by atoms with E-state index in [1.54, 1.807) is 10.7 Å². The van der Waals surface area contributed by atoms with E-state index >= 15 is 0 Å². The van der Waals surface area contributed by atoms with Gasteiger partial charge in [-0.1, -0.05) is 6.42 Å². The van der Waals surface area contributed by atoms with Crippen LogP contribution in [0.5, 0.6) is 0 Å². The predicted molar refractivity (Wildman–Crippen MR) is 101 cm³/mol.